The third-order valence-corrected chi connectivity index (χ3v) is 3.76. The van der Waals surface area contributed by atoms with E-state index in [2.05, 4.69) is 22.2 Å². The van der Waals surface area contributed by atoms with Crippen LogP contribution in [0.1, 0.15) is 15.9 Å². The zero-order valence-corrected chi connectivity index (χ0v) is 12.5. The van der Waals surface area contributed by atoms with Crippen molar-refractivity contribution in [3.8, 4) is 0 Å². The number of hydrogen-bond donors (Lipinski definition) is 1. The van der Waals surface area contributed by atoms with Crippen molar-refractivity contribution in [1.82, 2.24) is 15.1 Å². The molecule has 1 aromatic rings. The van der Waals surface area contributed by atoms with E-state index in [1.807, 2.05) is 0 Å². The van der Waals surface area contributed by atoms with Gasteiger partial charge in [-0.05, 0) is 25.2 Å². The van der Waals surface area contributed by atoms with E-state index in [-0.39, 0.29) is 5.56 Å². The largest absolute Gasteiger partial charge is 0.416 e. The van der Waals surface area contributed by atoms with Gasteiger partial charge in [0.15, 0.2) is 0 Å². The highest BCUT2D eigenvalue weighted by atomic mass is 19.4. The van der Waals surface area contributed by atoms with Crippen molar-refractivity contribution in [2.24, 2.45) is 0 Å². The van der Waals surface area contributed by atoms with Gasteiger partial charge in [0.05, 0.1) is 5.56 Å². The molecule has 22 heavy (non-hydrogen) atoms. The van der Waals surface area contributed by atoms with E-state index in [1.165, 1.54) is 12.1 Å². The van der Waals surface area contributed by atoms with E-state index in [0.717, 1.165) is 38.3 Å². The van der Waals surface area contributed by atoms with Gasteiger partial charge >= 0.3 is 6.18 Å². The van der Waals surface area contributed by atoms with E-state index in [1.54, 1.807) is 0 Å². The number of carbonyl (C=O) groups is 1. The first-order valence-corrected chi connectivity index (χ1v) is 7.22. The molecular weight excluding hydrogens is 295 g/mol. The first-order valence-electron chi connectivity index (χ1n) is 7.22. The smallest absolute Gasteiger partial charge is 0.351 e. The van der Waals surface area contributed by atoms with Crippen molar-refractivity contribution >= 4 is 5.91 Å². The van der Waals surface area contributed by atoms with Crippen LogP contribution in [-0.2, 0) is 6.18 Å². The van der Waals surface area contributed by atoms with Gasteiger partial charge in [-0.1, -0.05) is 6.07 Å². The molecule has 0 bridgehead atoms. The normalized spacial score (nSPS) is 17.5. The number of hydrogen-bond acceptors (Lipinski definition) is 3. The summed E-state index contributed by atoms with van der Waals surface area (Å²) in [5.41, 5.74) is -0.771. The number of nitrogens with one attached hydrogen (secondary N) is 1. The molecule has 0 unspecified atom stereocenters. The molecule has 1 N–H and O–H groups in total. The molecule has 1 aromatic carbocycles. The highest BCUT2D eigenvalue weighted by molar-refractivity contribution is 5.94. The van der Waals surface area contributed by atoms with E-state index < -0.39 is 17.6 Å². The van der Waals surface area contributed by atoms with Gasteiger partial charge in [-0.3, -0.25) is 9.69 Å². The second-order valence-electron chi connectivity index (χ2n) is 5.48. The van der Waals surface area contributed by atoms with Gasteiger partial charge in [-0.15, -0.1) is 0 Å². The minimum absolute atomic E-state index is 0.0354. The number of piperazine rings is 1. The molecule has 0 atom stereocenters. The van der Waals surface area contributed by atoms with E-state index in [0.29, 0.717) is 13.1 Å². The number of halogens is 3. The monoisotopic (exact) mass is 315 g/mol. The number of rotatable bonds is 4. The summed E-state index contributed by atoms with van der Waals surface area (Å²) >= 11 is 0. The molecular formula is C15H20F3N3O. The first kappa shape index (κ1) is 16.8. The van der Waals surface area contributed by atoms with Crippen molar-refractivity contribution in [2.45, 2.75) is 6.18 Å². The molecule has 0 saturated carbocycles. The lowest BCUT2D eigenvalue weighted by atomic mass is 10.1. The van der Waals surface area contributed by atoms with E-state index in [4.69, 9.17) is 0 Å². The van der Waals surface area contributed by atoms with Gasteiger partial charge in [0, 0.05) is 44.8 Å². The van der Waals surface area contributed by atoms with Crippen LogP contribution in [0.15, 0.2) is 24.3 Å². The summed E-state index contributed by atoms with van der Waals surface area (Å²) in [6, 6.07) is 4.48. The lowest BCUT2D eigenvalue weighted by Crippen LogP contribution is -2.46. The van der Waals surface area contributed by atoms with Crippen LogP contribution in [0, 0.1) is 0 Å². The average molecular weight is 315 g/mol. The topological polar surface area (TPSA) is 35.6 Å². The Morgan fingerprint density at radius 2 is 1.91 bits per heavy atom. The molecule has 0 aromatic heterocycles. The summed E-state index contributed by atoms with van der Waals surface area (Å²) in [6.07, 6.45) is -4.43. The maximum Gasteiger partial charge on any atom is 0.416 e. The Morgan fingerprint density at radius 1 is 1.23 bits per heavy atom. The van der Waals surface area contributed by atoms with Crippen LogP contribution in [0.5, 0.6) is 0 Å². The molecule has 7 heteroatoms. The van der Waals surface area contributed by atoms with Crippen molar-refractivity contribution in [2.75, 3.05) is 46.3 Å². The Labute approximate surface area is 127 Å². The van der Waals surface area contributed by atoms with Crippen LogP contribution < -0.4 is 5.32 Å². The van der Waals surface area contributed by atoms with Crippen molar-refractivity contribution < 1.29 is 18.0 Å². The molecule has 1 aliphatic rings. The van der Waals surface area contributed by atoms with Crippen LogP contribution in [0.3, 0.4) is 0 Å². The fourth-order valence-corrected chi connectivity index (χ4v) is 2.34. The van der Waals surface area contributed by atoms with Crippen molar-refractivity contribution in [1.29, 1.82) is 0 Å². The lowest BCUT2D eigenvalue weighted by Gasteiger charge is -2.32. The van der Waals surface area contributed by atoms with Gasteiger partial charge in [-0.25, -0.2) is 0 Å². The second kappa shape index (κ2) is 7.11. The summed E-state index contributed by atoms with van der Waals surface area (Å²) in [5, 5.41) is 2.67. The fourth-order valence-electron chi connectivity index (χ4n) is 2.34. The quantitative estimate of drug-likeness (QED) is 0.918. The molecule has 4 nitrogen and oxygen atoms in total. The van der Waals surface area contributed by atoms with Crippen LogP contribution in [0.2, 0.25) is 0 Å². The minimum atomic E-state index is -4.43. The molecule has 122 valence electrons. The summed E-state index contributed by atoms with van der Waals surface area (Å²) in [6.45, 7) is 4.99. The second-order valence-corrected chi connectivity index (χ2v) is 5.48. The maximum atomic E-state index is 12.6. The summed E-state index contributed by atoms with van der Waals surface area (Å²) < 4.78 is 37.8. The molecule has 1 amide bonds. The third-order valence-electron chi connectivity index (χ3n) is 3.76. The standard InChI is InChI=1S/C15H20F3N3O/c1-20-7-9-21(10-8-20)6-5-19-14(22)12-3-2-4-13(11-12)15(16,17)18/h2-4,11H,5-10H2,1H3,(H,19,22). The number of amides is 1. The van der Waals surface area contributed by atoms with Crippen LogP contribution >= 0.6 is 0 Å². The SMILES string of the molecule is CN1CCN(CCNC(=O)c2cccc(C(F)(F)F)c2)CC1. The van der Waals surface area contributed by atoms with Crippen LogP contribution in [0.25, 0.3) is 0 Å². The molecule has 1 fully saturated rings. The molecule has 0 spiro atoms. The van der Waals surface area contributed by atoms with Crippen LogP contribution in [-0.4, -0.2) is 62.0 Å². The zero-order valence-electron chi connectivity index (χ0n) is 12.5. The zero-order chi connectivity index (χ0) is 16.2. The number of benzene rings is 1. The summed E-state index contributed by atoms with van der Waals surface area (Å²) in [4.78, 5) is 16.4. The van der Waals surface area contributed by atoms with E-state index in [9.17, 15) is 18.0 Å². The van der Waals surface area contributed by atoms with Gasteiger partial charge in [0.2, 0.25) is 0 Å². The number of likely N-dealkylation sites (N-methyl/N-ethyl adjacent to an activating group) is 1. The Bertz CT molecular complexity index is 511. The molecule has 0 aliphatic carbocycles. The molecule has 2 rings (SSSR count). The van der Waals surface area contributed by atoms with Crippen LogP contribution in [0.4, 0.5) is 13.2 Å². The Balaban J connectivity index is 1.82. The van der Waals surface area contributed by atoms with Gasteiger partial charge in [-0.2, -0.15) is 13.2 Å². The molecule has 1 saturated heterocycles. The Hall–Kier alpha value is -1.60. The number of alkyl halides is 3. The highest BCUT2D eigenvalue weighted by Crippen LogP contribution is 2.29. The minimum Gasteiger partial charge on any atom is -0.351 e. The highest BCUT2D eigenvalue weighted by Gasteiger charge is 2.30. The Morgan fingerprint density at radius 3 is 2.55 bits per heavy atom. The predicted octanol–water partition coefficient (Wildman–Crippen LogP) is 1.68. The van der Waals surface area contributed by atoms with Gasteiger partial charge in [0.25, 0.3) is 5.91 Å². The first-order chi connectivity index (χ1) is 10.4. The number of nitrogens with zero attached hydrogens (tertiary/aromatic N) is 2. The van der Waals surface area contributed by atoms with Gasteiger partial charge < -0.3 is 10.2 Å². The van der Waals surface area contributed by atoms with Gasteiger partial charge in [0.1, 0.15) is 0 Å². The van der Waals surface area contributed by atoms with E-state index >= 15 is 0 Å². The molecule has 0 radical (unpaired) electrons. The molecule has 1 heterocycles. The molecule has 1 aliphatic heterocycles. The third kappa shape index (κ3) is 4.71. The Kier molecular flexibility index (Phi) is 5.42. The lowest BCUT2D eigenvalue weighted by molar-refractivity contribution is -0.137. The van der Waals surface area contributed by atoms with Crippen molar-refractivity contribution in [3.63, 3.8) is 0 Å². The summed E-state index contributed by atoms with van der Waals surface area (Å²) in [7, 11) is 2.06. The number of carbonyl (C=O) groups excluding carboxylic acids is 1. The average Bonchev–Trinajstić information content (AvgIpc) is 2.48. The maximum absolute atomic E-state index is 12.6. The summed E-state index contributed by atoms with van der Waals surface area (Å²) in [5.74, 6) is -0.472. The van der Waals surface area contributed by atoms with Crippen molar-refractivity contribution in [3.05, 3.63) is 35.4 Å². The fraction of sp³-hybridized carbons (Fsp3) is 0.533. The predicted molar refractivity (Wildman–Crippen MR) is 77.7 cm³/mol.